The van der Waals surface area contributed by atoms with Crippen LogP contribution in [0.4, 0.5) is 0 Å². The maximum absolute atomic E-state index is 13.0. The Hall–Kier alpha value is -2.82. The third-order valence-electron chi connectivity index (χ3n) is 4.47. The summed E-state index contributed by atoms with van der Waals surface area (Å²) in [5, 5.41) is 10.3. The summed E-state index contributed by atoms with van der Waals surface area (Å²) < 4.78 is 10.7. The lowest BCUT2D eigenvalue weighted by atomic mass is 9.68. The number of rotatable bonds is 4. The van der Waals surface area contributed by atoms with Gasteiger partial charge in [0.05, 0.1) is 18.8 Å². The fourth-order valence-electron chi connectivity index (χ4n) is 3.41. The average Bonchev–Trinajstić information content (AvgIpc) is 3.18. The molecule has 1 N–H and O–H groups in total. The predicted molar refractivity (Wildman–Crippen MR) is 86.5 cm³/mol. The molecule has 0 saturated carbocycles. The molecule has 5 nitrogen and oxygen atoms in total. The van der Waals surface area contributed by atoms with E-state index in [0.29, 0.717) is 16.9 Å². The highest BCUT2D eigenvalue weighted by Gasteiger charge is 2.62. The minimum Gasteiger partial charge on any atom is -0.504 e. The maximum Gasteiger partial charge on any atom is 0.325 e. The number of esters is 1. The molecular formula is C19H18O5. The van der Waals surface area contributed by atoms with Gasteiger partial charge in [-0.15, -0.1) is 0 Å². The van der Waals surface area contributed by atoms with Crippen molar-refractivity contribution >= 4 is 11.8 Å². The van der Waals surface area contributed by atoms with Crippen LogP contribution in [0.25, 0.3) is 0 Å². The molecule has 0 aliphatic heterocycles. The van der Waals surface area contributed by atoms with E-state index in [0.717, 1.165) is 0 Å². The van der Waals surface area contributed by atoms with Gasteiger partial charge < -0.3 is 14.3 Å². The van der Waals surface area contributed by atoms with Gasteiger partial charge in [-0.3, -0.25) is 9.59 Å². The molecule has 0 radical (unpaired) electrons. The van der Waals surface area contributed by atoms with E-state index < -0.39 is 28.8 Å². The Balaban J connectivity index is 2.30. The number of aliphatic hydroxyl groups is 1. The van der Waals surface area contributed by atoms with Crippen LogP contribution in [0.3, 0.4) is 0 Å². The van der Waals surface area contributed by atoms with Crippen molar-refractivity contribution in [3.05, 3.63) is 71.4 Å². The molecule has 2 aromatic rings. The topological polar surface area (TPSA) is 76.7 Å². The van der Waals surface area contributed by atoms with Crippen LogP contribution >= 0.6 is 0 Å². The van der Waals surface area contributed by atoms with E-state index in [1.165, 1.54) is 6.26 Å². The minimum atomic E-state index is -1.68. The van der Waals surface area contributed by atoms with E-state index in [1.807, 2.05) is 0 Å². The van der Waals surface area contributed by atoms with Gasteiger partial charge in [-0.25, -0.2) is 0 Å². The van der Waals surface area contributed by atoms with Crippen LogP contribution in [-0.2, 0) is 19.7 Å². The maximum atomic E-state index is 13.0. The number of aliphatic hydroxyl groups excluding tert-OH is 1. The second-order valence-corrected chi connectivity index (χ2v) is 5.70. The van der Waals surface area contributed by atoms with Crippen LogP contribution in [0.5, 0.6) is 0 Å². The summed E-state index contributed by atoms with van der Waals surface area (Å²) in [4.78, 5) is 26.0. The van der Waals surface area contributed by atoms with E-state index in [-0.39, 0.29) is 6.61 Å². The monoisotopic (exact) mass is 326 g/mol. The van der Waals surface area contributed by atoms with Gasteiger partial charge in [0.2, 0.25) is 5.78 Å². The highest BCUT2D eigenvalue weighted by atomic mass is 16.5. The number of ketones is 1. The second-order valence-electron chi connectivity index (χ2n) is 5.70. The number of ether oxygens (including phenoxy) is 1. The van der Waals surface area contributed by atoms with Crippen molar-refractivity contribution in [1.82, 2.24) is 0 Å². The molecule has 1 aromatic carbocycles. The molecule has 1 aliphatic rings. The molecule has 3 rings (SSSR count). The van der Waals surface area contributed by atoms with Crippen molar-refractivity contribution in [3.8, 4) is 0 Å². The number of hydrogen-bond acceptors (Lipinski definition) is 5. The number of benzene rings is 1. The Morgan fingerprint density at radius 2 is 1.96 bits per heavy atom. The molecule has 0 spiro atoms. The third kappa shape index (κ3) is 2.08. The molecule has 0 bridgehead atoms. The van der Waals surface area contributed by atoms with Crippen molar-refractivity contribution in [3.63, 3.8) is 0 Å². The lowest BCUT2D eigenvalue weighted by Gasteiger charge is -2.31. The number of carbonyl (C=O) groups is 2. The lowest BCUT2D eigenvalue weighted by molar-refractivity contribution is -0.154. The second kappa shape index (κ2) is 6.00. The Kier molecular flexibility index (Phi) is 4.01. The number of allylic oxidation sites excluding steroid dienone is 2. The minimum absolute atomic E-state index is 0.130. The molecule has 1 aliphatic carbocycles. The molecular weight excluding hydrogens is 308 g/mol. The van der Waals surface area contributed by atoms with Gasteiger partial charge in [0.1, 0.15) is 5.76 Å². The van der Waals surface area contributed by atoms with Gasteiger partial charge in [-0.2, -0.15) is 0 Å². The zero-order chi connectivity index (χ0) is 17.3. The quantitative estimate of drug-likeness (QED) is 0.689. The van der Waals surface area contributed by atoms with E-state index in [1.54, 1.807) is 56.3 Å². The standard InChI is InChI=1S/C19H18O5/c1-3-23-18(22)19(13-8-5-4-6-9-13)15(14-10-7-11-24-14)12(2)16(20)17(19)21/h4-11,15,20H,3H2,1-2H3/t15-,19+/m1/s1. The molecule has 0 saturated heterocycles. The Morgan fingerprint density at radius 1 is 1.25 bits per heavy atom. The van der Waals surface area contributed by atoms with Crippen LogP contribution in [-0.4, -0.2) is 23.5 Å². The highest BCUT2D eigenvalue weighted by molar-refractivity contribution is 6.20. The zero-order valence-corrected chi connectivity index (χ0v) is 13.5. The van der Waals surface area contributed by atoms with Crippen molar-refractivity contribution in [2.24, 2.45) is 0 Å². The van der Waals surface area contributed by atoms with Crippen LogP contribution < -0.4 is 0 Å². The van der Waals surface area contributed by atoms with Gasteiger partial charge in [-0.05, 0) is 37.1 Å². The van der Waals surface area contributed by atoms with Gasteiger partial charge in [0.25, 0.3) is 0 Å². The largest absolute Gasteiger partial charge is 0.504 e. The summed E-state index contributed by atoms with van der Waals surface area (Å²) >= 11 is 0. The third-order valence-corrected chi connectivity index (χ3v) is 4.47. The van der Waals surface area contributed by atoms with Crippen molar-refractivity contribution in [1.29, 1.82) is 0 Å². The zero-order valence-electron chi connectivity index (χ0n) is 13.5. The van der Waals surface area contributed by atoms with Crippen molar-refractivity contribution in [2.45, 2.75) is 25.2 Å². The molecule has 0 amide bonds. The molecule has 5 heteroatoms. The van der Waals surface area contributed by atoms with Crippen molar-refractivity contribution in [2.75, 3.05) is 6.61 Å². The van der Waals surface area contributed by atoms with Crippen LogP contribution in [0.1, 0.15) is 31.1 Å². The average molecular weight is 326 g/mol. The summed E-state index contributed by atoms with van der Waals surface area (Å²) in [6, 6.07) is 12.0. The summed E-state index contributed by atoms with van der Waals surface area (Å²) in [5.74, 6) is -2.08. The highest BCUT2D eigenvalue weighted by Crippen LogP contribution is 2.52. The molecule has 1 heterocycles. The molecule has 124 valence electrons. The molecule has 2 atom stereocenters. The summed E-state index contributed by atoms with van der Waals surface area (Å²) in [5.41, 5.74) is -0.811. The Bertz CT molecular complexity index is 788. The Labute approximate surface area is 139 Å². The van der Waals surface area contributed by atoms with E-state index in [2.05, 4.69) is 0 Å². The van der Waals surface area contributed by atoms with E-state index in [9.17, 15) is 14.7 Å². The lowest BCUT2D eigenvalue weighted by Crippen LogP contribution is -2.47. The molecule has 24 heavy (non-hydrogen) atoms. The van der Waals surface area contributed by atoms with Crippen LogP contribution in [0, 0.1) is 0 Å². The van der Waals surface area contributed by atoms with Gasteiger partial charge in [0.15, 0.2) is 11.2 Å². The molecule has 1 aromatic heterocycles. The first-order chi connectivity index (χ1) is 11.5. The fraction of sp³-hybridized carbons (Fsp3) is 0.263. The van der Waals surface area contributed by atoms with Gasteiger partial charge >= 0.3 is 5.97 Å². The predicted octanol–water partition coefficient (Wildman–Crippen LogP) is 3.28. The number of carbonyl (C=O) groups excluding carboxylic acids is 2. The summed E-state index contributed by atoms with van der Waals surface area (Å²) in [6.07, 6.45) is 1.48. The first-order valence-electron chi connectivity index (χ1n) is 7.75. The van der Waals surface area contributed by atoms with Gasteiger partial charge in [0, 0.05) is 0 Å². The number of hydrogen-bond donors (Lipinski definition) is 1. The number of Topliss-reactive ketones (excluding diaryl/α,β-unsaturated/α-hetero) is 1. The summed E-state index contributed by atoms with van der Waals surface area (Å²) in [7, 11) is 0. The van der Waals surface area contributed by atoms with Crippen LogP contribution in [0.2, 0.25) is 0 Å². The van der Waals surface area contributed by atoms with Gasteiger partial charge in [-0.1, -0.05) is 30.3 Å². The summed E-state index contributed by atoms with van der Waals surface area (Å²) in [6.45, 7) is 3.44. The first-order valence-corrected chi connectivity index (χ1v) is 7.75. The fourth-order valence-corrected chi connectivity index (χ4v) is 3.41. The molecule has 0 unspecified atom stereocenters. The van der Waals surface area contributed by atoms with E-state index in [4.69, 9.17) is 9.15 Å². The number of furan rings is 1. The normalized spacial score (nSPS) is 23.6. The van der Waals surface area contributed by atoms with Crippen LogP contribution in [0.15, 0.2) is 64.5 Å². The first kappa shape index (κ1) is 16.1. The Morgan fingerprint density at radius 3 is 2.54 bits per heavy atom. The molecule has 0 fully saturated rings. The van der Waals surface area contributed by atoms with E-state index >= 15 is 0 Å². The SMILES string of the molecule is CCOC(=O)[C@]1(c2ccccc2)C(=O)C(O)=C(C)[C@@H]1c1ccco1. The van der Waals surface area contributed by atoms with Crippen molar-refractivity contribution < 1.29 is 23.8 Å². The smallest absolute Gasteiger partial charge is 0.325 e.